The van der Waals surface area contributed by atoms with Crippen LogP contribution in [-0.4, -0.2) is 13.3 Å². The molecule has 0 atom stereocenters. The highest BCUT2D eigenvalue weighted by Gasteiger charge is 2.52. The lowest BCUT2D eigenvalue weighted by Crippen LogP contribution is -2.25. The third kappa shape index (κ3) is 3.00. The van der Waals surface area contributed by atoms with Crippen molar-refractivity contribution in [3.63, 3.8) is 0 Å². The standard InChI is InChI=1S/C37H27OP/c1-39(2,38)27-14-9-13-26(21-27)28-17-10-20-34-36(28)31-22-24-11-3-4-12-25(24)23-35(31)37(34)32-18-7-5-15-29(32)30-16-6-8-19-33(30)37/h3-23H,1-2H3. The molecule has 8 rings (SSSR count). The van der Waals surface area contributed by atoms with Gasteiger partial charge in [-0.3, -0.25) is 0 Å². The zero-order valence-electron chi connectivity index (χ0n) is 22.0. The van der Waals surface area contributed by atoms with Gasteiger partial charge in [-0.25, -0.2) is 0 Å². The summed E-state index contributed by atoms with van der Waals surface area (Å²) in [4.78, 5) is 0. The van der Waals surface area contributed by atoms with Crippen LogP contribution in [0.25, 0.3) is 44.2 Å². The molecule has 0 unspecified atom stereocenters. The molecule has 2 aliphatic rings. The number of benzene rings is 6. The van der Waals surface area contributed by atoms with Crippen molar-refractivity contribution in [1.29, 1.82) is 0 Å². The Labute approximate surface area is 229 Å². The van der Waals surface area contributed by atoms with Crippen LogP contribution in [0.4, 0.5) is 0 Å². The molecule has 6 aromatic rings. The van der Waals surface area contributed by atoms with Gasteiger partial charge in [-0.1, -0.05) is 109 Å². The fourth-order valence-corrected chi connectivity index (χ4v) is 8.02. The van der Waals surface area contributed by atoms with Gasteiger partial charge in [-0.05, 0) is 97.9 Å². The van der Waals surface area contributed by atoms with E-state index in [1.807, 2.05) is 19.4 Å². The summed E-state index contributed by atoms with van der Waals surface area (Å²) in [7, 11) is -2.40. The van der Waals surface area contributed by atoms with Crippen LogP contribution in [0.3, 0.4) is 0 Å². The van der Waals surface area contributed by atoms with Crippen LogP contribution in [0.1, 0.15) is 22.3 Å². The van der Waals surface area contributed by atoms with Gasteiger partial charge in [0.25, 0.3) is 0 Å². The van der Waals surface area contributed by atoms with Crippen LogP contribution >= 0.6 is 7.14 Å². The number of rotatable bonds is 2. The highest BCUT2D eigenvalue weighted by Crippen LogP contribution is 2.64. The van der Waals surface area contributed by atoms with Gasteiger partial charge in [0, 0.05) is 5.30 Å². The second-order valence-electron chi connectivity index (χ2n) is 11.2. The monoisotopic (exact) mass is 518 g/mol. The maximum absolute atomic E-state index is 13.1. The molecule has 0 N–H and O–H groups in total. The van der Waals surface area contributed by atoms with Gasteiger partial charge in [-0.15, -0.1) is 0 Å². The predicted octanol–water partition coefficient (Wildman–Crippen LogP) is 9.10. The van der Waals surface area contributed by atoms with E-state index in [4.69, 9.17) is 0 Å². The molecule has 2 heteroatoms. The number of hydrogen-bond acceptors (Lipinski definition) is 1. The lowest BCUT2D eigenvalue weighted by Gasteiger charge is -2.30. The lowest BCUT2D eigenvalue weighted by molar-refractivity contribution is 0.588. The fourth-order valence-electron chi connectivity index (χ4n) is 7.12. The number of hydrogen-bond donors (Lipinski definition) is 0. The molecule has 0 heterocycles. The van der Waals surface area contributed by atoms with Crippen molar-refractivity contribution >= 4 is 23.2 Å². The van der Waals surface area contributed by atoms with Crippen molar-refractivity contribution in [2.24, 2.45) is 0 Å². The summed E-state index contributed by atoms with van der Waals surface area (Å²) >= 11 is 0. The molecule has 0 saturated heterocycles. The zero-order valence-corrected chi connectivity index (χ0v) is 22.9. The Balaban J connectivity index is 1.55. The molecule has 0 amide bonds. The largest absolute Gasteiger partial charge is 0.319 e. The van der Waals surface area contributed by atoms with E-state index in [9.17, 15) is 4.57 Å². The first-order valence-electron chi connectivity index (χ1n) is 13.5. The molecule has 0 radical (unpaired) electrons. The van der Waals surface area contributed by atoms with Gasteiger partial charge in [0.1, 0.15) is 7.14 Å². The normalized spacial score (nSPS) is 14.2. The van der Waals surface area contributed by atoms with Gasteiger partial charge in [-0.2, -0.15) is 0 Å². The van der Waals surface area contributed by atoms with Crippen LogP contribution in [0.15, 0.2) is 127 Å². The summed E-state index contributed by atoms with van der Waals surface area (Å²) in [5, 5.41) is 3.42. The van der Waals surface area contributed by atoms with Crippen molar-refractivity contribution in [2.45, 2.75) is 5.41 Å². The summed E-state index contributed by atoms with van der Waals surface area (Å²) in [5.41, 5.74) is 12.5. The van der Waals surface area contributed by atoms with E-state index in [-0.39, 0.29) is 5.41 Å². The fraction of sp³-hybridized carbons (Fsp3) is 0.0811. The van der Waals surface area contributed by atoms with Crippen LogP contribution in [0, 0.1) is 0 Å². The summed E-state index contributed by atoms with van der Waals surface area (Å²) in [6, 6.07) is 46.5. The van der Waals surface area contributed by atoms with Crippen molar-refractivity contribution in [3.05, 3.63) is 150 Å². The highest BCUT2D eigenvalue weighted by molar-refractivity contribution is 7.70. The maximum Gasteiger partial charge on any atom is 0.109 e. The summed E-state index contributed by atoms with van der Waals surface area (Å²) in [6.45, 7) is 3.70. The quantitative estimate of drug-likeness (QED) is 0.209. The van der Waals surface area contributed by atoms with Crippen LogP contribution in [-0.2, 0) is 9.98 Å². The summed E-state index contributed by atoms with van der Waals surface area (Å²) in [5.74, 6) is 0. The first-order chi connectivity index (χ1) is 19.0. The third-order valence-corrected chi connectivity index (χ3v) is 10.3. The Morgan fingerprint density at radius 2 is 1.05 bits per heavy atom. The average Bonchev–Trinajstić information content (AvgIpc) is 3.42. The predicted molar refractivity (Wildman–Crippen MR) is 165 cm³/mol. The van der Waals surface area contributed by atoms with E-state index in [1.54, 1.807) is 0 Å². The zero-order chi connectivity index (χ0) is 26.4. The molecule has 1 spiro atoms. The molecule has 0 saturated carbocycles. The third-order valence-electron chi connectivity index (χ3n) is 8.76. The van der Waals surface area contributed by atoms with Crippen LogP contribution < -0.4 is 5.30 Å². The summed E-state index contributed by atoms with van der Waals surface area (Å²) in [6.07, 6.45) is 0. The topological polar surface area (TPSA) is 17.1 Å². The second-order valence-corrected chi connectivity index (χ2v) is 14.4. The van der Waals surface area contributed by atoms with E-state index < -0.39 is 7.14 Å². The van der Waals surface area contributed by atoms with Gasteiger partial charge in [0.05, 0.1) is 5.41 Å². The first-order valence-corrected chi connectivity index (χ1v) is 16.1. The molecule has 6 aromatic carbocycles. The highest BCUT2D eigenvalue weighted by atomic mass is 31.2. The minimum atomic E-state index is -2.40. The molecular weight excluding hydrogens is 491 g/mol. The van der Waals surface area contributed by atoms with E-state index in [1.165, 1.54) is 60.8 Å². The minimum Gasteiger partial charge on any atom is -0.319 e. The Kier molecular flexibility index (Phi) is 4.62. The molecule has 0 bridgehead atoms. The maximum atomic E-state index is 13.1. The Bertz CT molecular complexity index is 1980. The van der Waals surface area contributed by atoms with Crippen LogP contribution in [0.5, 0.6) is 0 Å². The lowest BCUT2D eigenvalue weighted by atomic mass is 9.70. The van der Waals surface area contributed by atoms with E-state index >= 15 is 0 Å². The first kappa shape index (κ1) is 22.8. The SMILES string of the molecule is CP(C)(=O)c1cccc(-c2cccc3c2-c2cc4ccccc4cc2C32c3ccccc3-c3ccccc32)c1. The Hall–Kier alpha value is -4.19. The molecule has 186 valence electrons. The van der Waals surface area contributed by atoms with Gasteiger partial charge >= 0.3 is 0 Å². The van der Waals surface area contributed by atoms with Crippen molar-refractivity contribution in [3.8, 4) is 33.4 Å². The molecule has 0 aromatic heterocycles. The summed E-state index contributed by atoms with van der Waals surface area (Å²) < 4.78 is 13.1. The van der Waals surface area contributed by atoms with E-state index in [0.717, 1.165) is 10.9 Å². The average molecular weight is 519 g/mol. The smallest absolute Gasteiger partial charge is 0.109 e. The van der Waals surface area contributed by atoms with Gasteiger partial charge in [0.15, 0.2) is 0 Å². The van der Waals surface area contributed by atoms with Crippen molar-refractivity contribution in [2.75, 3.05) is 13.3 Å². The van der Waals surface area contributed by atoms with Gasteiger partial charge in [0.2, 0.25) is 0 Å². The van der Waals surface area contributed by atoms with Gasteiger partial charge < -0.3 is 4.57 Å². The molecule has 1 nitrogen and oxygen atoms in total. The van der Waals surface area contributed by atoms with Crippen molar-refractivity contribution in [1.82, 2.24) is 0 Å². The molecular formula is C37H27OP. The molecule has 0 fully saturated rings. The molecule has 39 heavy (non-hydrogen) atoms. The number of fused-ring (bicyclic) bond motifs is 11. The Morgan fingerprint density at radius 3 is 1.74 bits per heavy atom. The van der Waals surface area contributed by atoms with E-state index in [0.29, 0.717) is 0 Å². The van der Waals surface area contributed by atoms with Crippen molar-refractivity contribution < 1.29 is 4.57 Å². The molecule has 2 aliphatic carbocycles. The van der Waals surface area contributed by atoms with E-state index in [2.05, 4.69) is 121 Å². The second kappa shape index (κ2) is 7.92. The Morgan fingerprint density at radius 1 is 0.487 bits per heavy atom. The van der Waals surface area contributed by atoms with Crippen LogP contribution in [0.2, 0.25) is 0 Å². The minimum absolute atomic E-state index is 0.389. The molecule has 0 aliphatic heterocycles.